The molecule has 0 bridgehead atoms. The molecule has 0 saturated heterocycles. The van der Waals surface area contributed by atoms with Gasteiger partial charge in [0.1, 0.15) is 21.9 Å². The van der Waals surface area contributed by atoms with Gasteiger partial charge in [0.2, 0.25) is 15.1 Å². The minimum atomic E-state index is -3.68. The summed E-state index contributed by atoms with van der Waals surface area (Å²) in [5, 5.41) is 11.2. The Morgan fingerprint density at radius 3 is 2.37 bits per heavy atom. The molecule has 1 aliphatic rings. The first kappa shape index (κ1) is 35.3. The first-order chi connectivity index (χ1) is 21.7. The summed E-state index contributed by atoms with van der Waals surface area (Å²) in [4.78, 5) is 26.0. The van der Waals surface area contributed by atoms with Crippen molar-refractivity contribution in [1.82, 2.24) is 0 Å². The van der Waals surface area contributed by atoms with Gasteiger partial charge < -0.3 is 24.2 Å². The summed E-state index contributed by atoms with van der Waals surface area (Å²) < 4.78 is 73.6. The van der Waals surface area contributed by atoms with Crippen LogP contribution in [0.4, 0.5) is 14.5 Å². The van der Waals surface area contributed by atoms with Crippen LogP contribution in [-0.4, -0.2) is 51.8 Å². The molecule has 0 radical (unpaired) electrons. The lowest BCUT2D eigenvalue weighted by molar-refractivity contribution is -0.605. The van der Waals surface area contributed by atoms with E-state index in [-0.39, 0.29) is 63.1 Å². The van der Waals surface area contributed by atoms with Crippen molar-refractivity contribution in [2.45, 2.75) is 32.0 Å². The van der Waals surface area contributed by atoms with Gasteiger partial charge in [0, 0.05) is 17.5 Å². The van der Waals surface area contributed by atoms with E-state index < -0.39 is 39.6 Å². The quantitative estimate of drug-likeness (QED) is 0.116. The number of benzene rings is 2. The van der Waals surface area contributed by atoms with Gasteiger partial charge in [0.25, 0.3) is 0 Å². The molecule has 46 heavy (non-hydrogen) atoms. The summed E-state index contributed by atoms with van der Waals surface area (Å²) in [6.45, 7) is -2.83. The number of hydrogen-bond acceptors (Lipinski definition) is 10. The summed E-state index contributed by atoms with van der Waals surface area (Å²) in [6, 6.07) is 8.15. The summed E-state index contributed by atoms with van der Waals surface area (Å²) in [7, 11) is -2.35. The molecule has 1 heterocycles. The Kier molecular flexibility index (Phi) is 11.8. The molecule has 1 N–H and O–H groups in total. The molecule has 17 heteroatoms. The Hall–Kier alpha value is -3.53. The number of alkyl halides is 2. The molecule has 0 aliphatic heterocycles. The number of halogens is 4. The third-order valence-electron chi connectivity index (χ3n) is 6.50. The van der Waals surface area contributed by atoms with Crippen molar-refractivity contribution in [3.63, 3.8) is 0 Å². The highest BCUT2D eigenvalue weighted by Gasteiger charge is 2.27. The van der Waals surface area contributed by atoms with Crippen LogP contribution in [0, 0.1) is 11.1 Å². The van der Waals surface area contributed by atoms with Gasteiger partial charge in [0.05, 0.1) is 31.4 Å². The van der Waals surface area contributed by atoms with Gasteiger partial charge >= 0.3 is 12.6 Å². The first-order valence-corrected chi connectivity index (χ1v) is 17.2. The van der Waals surface area contributed by atoms with Crippen molar-refractivity contribution < 1.29 is 50.5 Å². The highest BCUT2D eigenvalue weighted by molar-refractivity contribution is 8.14. The van der Waals surface area contributed by atoms with Crippen molar-refractivity contribution in [3.8, 4) is 17.2 Å². The number of carbonyl (C=O) groups excluding carboxylic acids is 2. The summed E-state index contributed by atoms with van der Waals surface area (Å²) in [5.41, 5.74) is 0.709. The predicted molar refractivity (Wildman–Crippen MR) is 168 cm³/mol. The molecule has 1 aliphatic carbocycles. The number of nitrogens with zero attached hydrogens (tertiary/aromatic N) is 1. The average Bonchev–Trinajstić information content (AvgIpc) is 3.80. The lowest BCUT2D eigenvalue weighted by Gasteiger charge is -2.21. The Bertz CT molecular complexity index is 1690. The largest absolute Gasteiger partial charge is 0.619 e. The van der Waals surface area contributed by atoms with Gasteiger partial charge in [-0.05, 0) is 54.7 Å². The zero-order chi connectivity index (χ0) is 33.6. The third kappa shape index (κ3) is 10.2. The zero-order valence-corrected chi connectivity index (χ0v) is 27.5. The molecule has 0 amide bonds. The van der Waals surface area contributed by atoms with E-state index >= 15 is 0 Å². The highest BCUT2D eigenvalue weighted by atomic mass is 35.5. The van der Waals surface area contributed by atoms with Crippen molar-refractivity contribution in [1.29, 1.82) is 0 Å². The maximum Gasteiger partial charge on any atom is 0.387 e. The molecule has 1 aromatic heterocycles. The van der Waals surface area contributed by atoms with Gasteiger partial charge in [-0.3, -0.25) is 14.3 Å². The minimum Gasteiger partial charge on any atom is -0.619 e. The molecule has 1 fully saturated rings. The summed E-state index contributed by atoms with van der Waals surface area (Å²) in [6.07, 6.45) is 3.73. The SMILES string of the molecule is COc1ccc(C(=O)SCC(=O)OC(Cc2c(Cl)c[n+]([O-])cc2Cl)c2ccc(OC(F)F)c(OCC3CC3)c2)cc1NS(C)(=O)=O. The lowest BCUT2D eigenvalue weighted by Crippen LogP contribution is -2.25. The summed E-state index contributed by atoms with van der Waals surface area (Å²) in [5.74, 6) is -1.02. The van der Waals surface area contributed by atoms with Crippen molar-refractivity contribution in [2.75, 3.05) is 30.4 Å². The fourth-order valence-corrected chi connectivity index (χ4v) is 5.94. The van der Waals surface area contributed by atoms with Crippen LogP contribution in [0.25, 0.3) is 0 Å². The fourth-order valence-electron chi connectivity index (χ4n) is 4.18. The van der Waals surface area contributed by atoms with Gasteiger partial charge in [-0.15, -0.1) is 0 Å². The number of esters is 1. The van der Waals surface area contributed by atoms with E-state index in [4.69, 9.17) is 37.4 Å². The number of methoxy groups -OCH3 is 1. The van der Waals surface area contributed by atoms with Crippen molar-refractivity contribution in [2.24, 2.45) is 5.92 Å². The van der Waals surface area contributed by atoms with Crippen LogP contribution < -0.4 is 23.7 Å². The number of ether oxygens (including phenoxy) is 4. The topological polar surface area (TPSA) is 144 Å². The number of anilines is 1. The zero-order valence-electron chi connectivity index (χ0n) is 24.3. The number of rotatable bonds is 15. The van der Waals surface area contributed by atoms with Crippen molar-refractivity contribution in [3.05, 3.63) is 80.7 Å². The predicted octanol–water partition coefficient (Wildman–Crippen LogP) is 5.80. The number of carbonyl (C=O) groups is 2. The molecule has 1 atom stereocenters. The van der Waals surface area contributed by atoms with E-state index in [0.717, 1.165) is 31.5 Å². The molecule has 1 saturated carbocycles. The van der Waals surface area contributed by atoms with Crippen LogP contribution in [0.5, 0.6) is 17.2 Å². The van der Waals surface area contributed by atoms with Gasteiger partial charge in [0.15, 0.2) is 23.9 Å². The molecule has 0 spiro atoms. The Balaban J connectivity index is 1.56. The van der Waals surface area contributed by atoms with Gasteiger partial charge in [-0.25, -0.2) is 8.42 Å². The lowest BCUT2D eigenvalue weighted by atomic mass is 10.0. The van der Waals surface area contributed by atoms with Crippen LogP contribution in [0.1, 0.15) is 40.4 Å². The van der Waals surface area contributed by atoms with Crippen LogP contribution >= 0.6 is 35.0 Å². The second-order valence-corrected chi connectivity index (χ2v) is 13.7. The molecule has 1 unspecified atom stereocenters. The van der Waals surface area contributed by atoms with Crippen LogP contribution in [0.2, 0.25) is 10.0 Å². The summed E-state index contributed by atoms with van der Waals surface area (Å²) >= 11 is 13.2. The van der Waals surface area contributed by atoms with Crippen LogP contribution in [-0.2, 0) is 26.0 Å². The van der Waals surface area contributed by atoms with E-state index in [2.05, 4.69) is 9.46 Å². The van der Waals surface area contributed by atoms with E-state index in [9.17, 15) is 32.0 Å². The number of thioether (sulfide) groups is 1. The maximum absolute atomic E-state index is 13.1. The normalized spacial score (nSPS) is 13.6. The number of hydrogen-bond donors (Lipinski definition) is 1. The second kappa shape index (κ2) is 15.4. The molecular weight excluding hydrogens is 693 g/mol. The van der Waals surface area contributed by atoms with Gasteiger partial charge in [-0.1, -0.05) is 41.0 Å². The Morgan fingerprint density at radius 2 is 1.76 bits per heavy atom. The standard InChI is InChI=1S/C29H28Cl2F2N2O9S2/c1-41-23-7-6-18(9-22(23)34-46(2,39)40)28(37)45-15-27(36)43-25(11-19-20(30)12-35(38)13-21(19)31)17-5-8-24(44-29(32)33)26(10-17)42-14-16-3-4-16/h5-10,12-13,16,25,29,34H,3-4,11,14-15H2,1-2H3. The minimum absolute atomic E-state index is 0.00558. The molecule has 11 nitrogen and oxygen atoms in total. The van der Waals surface area contributed by atoms with E-state index in [1.54, 1.807) is 0 Å². The van der Waals surface area contributed by atoms with Crippen LogP contribution in [0.15, 0.2) is 48.8 Å². The Morgan fingerprint density at radius 1 is 1.09 bits per heavy atom. The first-order valence-electron chi connectivity index (χ1n) is 13.5. The highest BCUT2D eigenvalue weighted by Crippen LogP contribution is 2.38. The van der Waals surface area contributed by atoms with E-state index in [1.807, 2.05) is 0 Å². The second-order valence-electron chi connectivity index (χ2n) is 10.2. The van der Waals surface area contributed by atoms with Crippen LogP contribution in [0.3, 0.4) is 0 Å². The molecular formula is C29H28Cl2F2N2O9S2. The molecule has 2 aromatic carbocycles. The van der Waals surface area contributed by atoms with Gasteiger partial charge in [-0.2, -0.15) is 13.5 Å². The Labute approximate surface area is 277 Å². The molecule has 248 valence electrons. The number of sulfonamides is 1. The number of pyridine rings is 1. The average molecular weight is 722 g/mol. The molecule has 3 aromatic rings. The molecule has 4 rings (SSSR count). The van der Waals surface area contributed by atoms with E-state index in [1.165, 1.54) is 43.5 Å². The smallest absolute Gasteiger partial charge is 0.387 e. The third-order valence-corrected chi connectivity index (χ3v) is 8.62. The van der Waals surface area contributed by atoms with Crippen molar-refractivity contribution >= 4 is 61.8 Å². The monoisotopic (exact) mass is 720 g/mol. The number of nitrogens with one attached hydrogen (secondary N) is 1. The number of aromatic nitrogens is 1. The maximum atomic E-state index is 13.1. The fraction of sp³-hybridized carbons (Fsp3) is 0.345. The van der Waals surface area contributed by atoms with E-state index in [0.29, 0.717) is 22.1 Å².